The van der Waals surface area contributed by atoms with Crippen molar-refractivity contribution >= 4 is 18.4 Å². The molecule has 0 fully saturated rings. The van der Waals surface area contributed by atoms with Gasteiger partial charge in [0.05, 0.1) is 0 Å². The molecule has 0 atom stereocenters. The van der Waals surface area contributed by atoms with Crippen LogP contribution in [0.1, 0.15) is 5.82 Å². The molecule has 0 aromatic carbocycles. The van der Waals surface area contributed by atoms with Crippen LogP contribution in [0.2, 0.25) is 0 Å². The Morgan fingerprint density at radius 1 is 1.62 bits per heavy atom. The molecule has 67 valence electrons. The molecule has 2 rings (SSSR count). The summed E-state index contributed by atoms with van der Waals surface area (Å²) in [6.07, 6.45) is 1.61. The lowest BCUT2D eigenvalue weighted by Crippen LogP contribution is -1.93. The van der Waals surface area contributed by atoms with E-state index in [2.05, 4.69) is 15.1 Å². The zero-order valence-corrected chi connectivity index (χ0v) is 7.78. The van der Waals surface area contributed by atoms with Crippen molar-refractivity contribution in [3.8, 4) is 0 Å². The molecule has 0 aliphatic heterocycles. The lowest BCUT2D eigenvalue weighted by atomic mass is 10.7. The van der Waals surface area contributed by atoms with E-state index in [0.717, 1.165) is 0 Å². The highest BCUT2D eigenvalue weighted by molar-refractivity contribution is 7.80. The molecule has 0 bridgehead atoms. The van der Waals surface area contributed by atoms with Crippen molar-refractivity contribution in [2.45, 2.75) is 11.6 Å². The number of methoxy groups -OCH3 is 1. The van der Waals surface area contributed by atoms with Crippen LogP contribution in [0.25, 0.3) is 5.78 Å². The van der Waals surface area contributed by atoms with Crippen molar-refractivity contribution in [1.29, 1.82) is 0 Å². The number of nitrogens with zero attached hydrogens (tertiary/aromatic N) is 4. The normalized spacial score (nSPS) is 10.8. The van der Waals surface area contributed by atoms with Gasteiger partial charge in [0.2, 0.25) is 0 Å². The van der Waals surface area contributed by atoms with Gasteiger partial charge in [-0.15, -0.1) is 5.10 Å². The summed E-state index contributed by atoms with van der Waals surface area (Å²) in [4.78, 5) is 8.12. The van der Waals surface area contributed by atoms with E-state index in [1.54, 1.807) is 19.4 Å². The fourth-order valence-electron chi connectivity index (χ4n) is 1.01. The molecule has 0 aliphatic rings. The second-order valence-corrected chi connectivity index (χ2v) is 2.87. The topological polar surface area (TPSA) is 52.3 Å². The molecule has 2 heterocycles. The van der Waals surface area contributed by atoms with E-state index in [-0.39, 0.29) is 0 Å². The molecule has 1 radical (unpaired) electrons. The predicted octanol–water partition coefficient (Wildman–Crippen LogP) is 0.827. The number of aromatic nitrogens is 4. The van der Waals surface area contributed by atoms with Crippen LogP contribution in [-0.4, -0.2) is 26.7 Å². The Labute approximate surface area is 80.2 Å². The van der Waals surface area contributed by atoms with Gasteiger partial charge in [0, 0.05) is 13.3 Å². The van der Waals surface area contributed by atoms with Crippen molar-refractivity contribution in [3.05, 3.63) is 18.1 Å². The van der Waals surface area contributed by atoms with Crippen LogP contribution in [0.3, 0.4) is 0 Å². The second kappa shape index (κ2) is 3.23. The van der Waals surface area contributed by atoms with Gasteiger partial charge >= 0.3 is 0 Å². The standard InChI is InChI=1S/C7H7N4OS/c1-12-4-5-9-7-8-3-2-6(13)11(7)10-5/h2-3H,4H2,1H3. The van der Waals surface area contributed by atoms with E-state index in [9.17, 15) is 0 Å². The summed E-state index contributed by atoms with van der Waals surface area (Å²) >= 11 is 5.03. The Bertz CT molecular complexity index is 427. The fraction of sp³-hybridized carbons (Fsp3) is 0.286. The lowest BCUT2D eigenvalue weighted by molar-refractivity contribution is 0.178. The van der Waals surface area contributed by atoms with Crippen LogP contribution in [0.5, 0.6) is 0 Å². The van der Waals surface area contributed by atoms with Crippen LogP contribution in [0.15, 0.2) is 17.3 Å². The van der Waals surface area contributed by atoms with Crippen LogP contribution in [-0.2, 0) is 11.3 Å². The number of ether oxygens (including phenoxy) is 1. The molecule has 13 heavy (non-hydrogen) atoms. The quantitative estimate of drug-likeness (QED) is 0.666. The SMILES string of the molecule is COCc1nc2nccc([S])n2n1. The molecular formula is C7H7N4OS. The van der Waals surface area contributed by atoms with Gasteiger partial charge < -0.3 is 4.74 Å². The van der Waals surface area contributed by atoms with Crippen molar-refractivity contribution in [3.63, 3.8) is 0 Å². The van der Waals surface area contributed by atoms with Gasteiger partial charge in [-0.3, -0.25) is 0 Å². The fourth-order valence-corrected chi connectivity index (χ4v) is 1.19. The van der Waals surface area contributed by atoms with E-state index < -0.39 is 0 Å². The molecule has 5 nitrogen and oxygen atoms in total. The van der Waals surface area contributed by atoms with Gasteiger partial charge in [-0.2, -0.15) is 9.50 Å². The zero-order valence-electron chi connectivity index (χ0n) is 6.97. The summed E-state index contributed by atoms with van der Waals surface area (Å²) < 4.78 is 6.41. The average Bonchev–Trinajstić information content (AvgIpc) is 2.49. The smallest absolute Gasteiger partial charge is 0.253 e. The minimum Gasteiger partial charge on any atom is -0.377 e. The molecule has 0 unspecified atom stereocenters. The van der Waals surface area contributed by atoms with E-state index in [0.29, 0.717) is 23.2 Å². The maximum absolute atomic E-state index is 5.03. The van der Waals surface area contributed by atoms with Crippen molar-refractivity contribution in [1.82, 2.24) is 19.6 Å². The zero-order chi connectivity index (χ0) is 9.26. The first-order valence-electron chi connectivity index (χ1n) is 3.68. The van der Waals surface area contributed by atoms with Crippen LogP contribution < -0.4 is 0 Å². The highest BCUT2D eigenvalue weighted by Gasteiger charge is 2.05. The Balaban J connectivity index is 2.55. The number of hydrogen-bond acceptors (Lipinski definition) is 4. The van der Waals surface area contributed by atoms with Crippen LogP contribution >= 0.6 is 12.6 Å². The van der Waals surface area contributed by atoms with Gasteiger partial charge in [-0.25, -0.2) is 4.98 Å². The highest BCUT2D eigenvalue weighted by Crippen LogP contribution is 2.06. The lowest BCUT2D eigenvalue weighted by Gasteiger charge is -1.91. The monoisotopic (exact) mass is 195 g/mol. The van der Waals surface area contributed by atoms with Crippen molar-refractivity contribution < 1.29 is 4.74 Å². The first kappa shape index (κ1) is 8.33. The summed E-state index contributed by atoms with van der Waals surface area (Å²) in [6, 6.07) is 1.70. The predicted molar refractivity (Wildman–Crippen MR) is 47.4 cm³/mol. The molecule has 0 amide bonds. The van der Waals surface area contributed by atoms with Crippen LogP contribution in [0, 0.1) is 0 Å². The third-order valence-electron chi connectivity index (χ3n) is 1.52. The van der Waals surface area contributed by atoms with Gasteiger partial charge in [-0.1, -0.05) is 12.6 Å². The largest absolute Gasteiger partial charge is 0.377 e. The second-order valence-electron chi connectivity index (χ2n) is 2.46. The summed E-state index contributed by atoms with van der Waals surface area (Å²) in [5.74, 6) is 1.10. The summed E-state index contributed by atoms with van der Waals surface area (Å²) in [6.45, 7) is 0.373. The van der Waals surface area contributed by atoms with Gasteiger partial charge in [0.15, 0.2) is 5.82 Å². The number of fused-ring (bicyclic) bond motifs is 1. The first-order valence-corrected chi connectivity index (χ1v) is 4.08. The Hall–Kier alpha value is -1.27. The molecule has 0 aliphatic carbocycles. The van der Waals surface area contributed by atoms with E-state index in [1.807, 2.05) is 0 Å². The molecular weight excluding hydrogens is 188 g/mol. The molecule has 2 aromatic rings. The van der Waals surface area contributed by atoms with Crippen molar-refractivity contribution in [2.75, 3.05) is 7.11 Å². The van der Waals surface area contributed by atoms with Crippen LogP contribution in [0.4, 0.5) is 0 Å². The van der Waals surface area contributed by atoms with E-state index in [4.69, 9.17) is 17.4 Å². The maximum Gasteiger partial charge on any atom is 0.253 e. The highest BCUT2D eigenvalue weighted by atomic mass is 32.1. The Morgan fingerprint density at radius 2 is 2.46 bits per heavy atom. The summed E-state index contributed by atoms with van der Waals surface area (Å²) in [5.41, 5.74) is 0. The molecule has 2 aromatic heterocycles. The minimum atomic E-state index is 0.373. The summed E-state index contributed by atoms with van der Waals surface area (Å²) in [5, 5.41) is 4.71. The van der Waals surface area contributed by atoms with E-state index in [1.165, 1.54) is 4.52 Å². The molecule has 0 saturated heterocycles. The molecule has 0 spiro atoms. The summed E-state index contributed by atoms with van der Waals surface area (Å²) in [7, 11) is 1.59. The van der Waals surface area contributed by atoms with E-state index >= 15 is 0 Å². The number of rotatable bonds is 2. The van der Waals surface area contributed by atoms with Gasteiger partial charge in [0.1, 0.15) is 11.6 Å². The van der Waals surface area contributed by atoms with Crippen molar-refractivity contribution in [2.24, 2.45) is 0 Å². The third kappa shape index (κ3) is 1.45. The Morgan fingerprint density at radius 3 is 3.15 bits per heavy atom. The molecule has 0 saturated carbocycles. The van der Waals surface area contributed by atoms with Gasteiger partial charge in [-0.05, 0) is 6.07 Å². The third-order valence-corrected chi connectivity index (χ3v) is 1.83. The molecule has 0 N–H and O–H groups in total. The minimum absolute atomic E-state index is 0.373. The molecule has 6 heteroatoms. The first-order chi connectivity index (χ1) is 6.31. The maximum atomic E-state index is 5.03. The average molecular weight is 195 g/mol. The Kier molecular flexibility index (Phi) is 2.07. The number of hydrogen-bond donors (Lipinski definition) is 0. The van der Waals surface area contributed by atoms with Gasteiger partial charge in [0.25, 0.3) is 5.78 Å².